The zero-order valence-corrected chi connectivity index (χ0v) is 9.56. The Balaban J connectivity index is 2.51. The molecule has 1 aliphatic rings. The van der Waals surface area contributed by atoms with Crippen LogP contribution in [0, 0.1) is 11.8 Å². The van der Waals surface area contributed by atoms with Crippen molar-refractivity contribution in [2.45, 2.75) is 39.2 Å². The van der Waals surface area contributed by atoms with Crippen LogP contribution in [0.15, 0.2) is 0 Å². The average Bonchev–Trinajstić information content (AvgIpc) is 2.52. The van der Waals surface area contributed by atoms with Crippen LogP contribution in [0.1, 0.15) is 33.1 Å². The smallest absolute Gasteiger partial charge is 0.222 e. The highest BCUT2D eigenvalue weighted by Gasteiger charge is 2.30. The lowest BCUT2D eigenvalue weighted by Crippen LogP contribution is -2.43. The highest BCUT2D eigenvalue weighted by atomic mass is 32.1. The molecule has 0 spiro atoms. The summed E-state index contributed by atoms with van der Waals surface area (Å²) in [6.07, 6.45) is 3.11. The molecule has 3 N–H and O–H groups in total. The summed E-state index contributed by atoms with van der Waals surface area (Å²) in [5.41, 5.74) is 5.62. The van der Waals surface area contributed by atoms with Gasteiger partial charge in [0.2, 0.25) is 5.91 Å². The standard InChI is InChI=1S/C10H18N2OS/c1-6(2)10(13)12-8-5-3-4-7(8)9(11)14/h6-8H,3-5H2,1-2H3,(H2,11,14)(H,12,13). The van der Waals surface area contributed by atoms with Gasteiger partial charge in [0.05, 0.1) is 4.99 Å². The van der Waals surface area contributed by atoms with Gasteiger partial charge in [-0.2, -0.15) is 0 Å². The van der Waals surface area contributed by atoms with E-state index in [0.29, 0.717) is 4.99 Å². The Kier molecular flexibility index (Phi) is 3.86. The predicted molar refractivity (Wildman–Crippen MR) is 60.9 cm³/mol. The zero-order chi connectivity index (χ0) is 10.7. The summed E-state index contributed by atoms with van der Waals surface area (Å²) >= 11 is 4.98. The first kappa shape index (κ1) is 11.4. The lowest BCUT2D eigenvalue weighted by Gasteiger charge is -2.20. The maximum atomic E-state index is 11.5. The quantitative estimate of drug-likeness (QED) is 0.694. The second-order valence-corrected chi connectivity index (χ2v) is 4.68. The van der Waals surface area contributed by atoms with Crippen molar-refractivity contribution in [3.05, 3.63) is 0 Å². The number of carbonyl (C=O) groups excluding carboxylic acids is 1. The number of rotatable bonds is 3. The third kappa shape index (κ3) is 2.67. The maximum Gasteiger partial charge on any atom is 0.222 e. The fourth-order valence-corrected chi connectivity index (χ4v) is 2.10. The fourth-order valence-electron chi connectivity index (χ4n) is 1.82. The number of hydrogen-bond acceptors (Lipinski definition) is 2. The van der Waals surface area contributed by atoms with Crippen LogP contribution in [0.3, 0.4) is 0 Å². The summed E-state index contributed by atoms with van der Waals surface area (Å²) in [7, 11) is 0. The molecule has 4 heteroatoms. The lowest BCUT2D eigenvalue weighted by atomic mass is 10.0. The molecular weight excluding hydrogens is 196 g/mol. The van der Waals surface area contributed by atoms with E-state index < -0.39 is 0 Å². The summed E-state index contributed by atoms with van der Waals surface area (Å²) in [5.74, 6) is 0.327. The molecule has 0 aromatic heterocycles. The first-order valence-corrected chi connectivity index (χ1v) is 5.53. The molecule has 3 nitrogen and oxygen atoms in total. The zero-order valence-electron chi connectivity index (χ0n) is 8.75. The number of thiocarbonyl (C=S) groups is 1. The van der Waals surface area contributed by atoms with Crippen molar-refractivity contribution in [3.8, 4) is 0 Å². The van der Waals surface area contributed by atoms with E-state index in [4.69, 9.17) is 18.0 Å². The monoisotopic (exact) mass is 214 g/mol. The Morgan fingerprint density at radius 2 is 2.14 bits per heavy atom. The topological polar surface area (TPSA) is 55.1 Å². The third-order valence-electron chi connectivity index (χ3n) is 2.73. The number of nitrogens with one attached hydrogen (secondary N) is 1. The molecule has 14 heavy (non-hydrogen) atoms. The van der Waals surface area contributed by atoms with Gasteiger partial charge >= 0.3 is 0 Å². The molecule has 0 saturated heterocycles. The third-order valence-corrected chi connectivity index (χ3v) is 3.04. The van der Waals surface area contributed by atoms with Crippen LogP contribution in [-0.2, 0) is 4.79 Å². The van der Waals surface area contributed by atoms with Gasteiger partial charge in [0.15, 0.2) is 0 Å². The molecule has 1 rings (SSSR count). The van der Waals surface area contributed by atoms with Crippen LogP contribution in [-0.4, -0.2) is 16.9 Å². The largest absolute Gasteiger partial charge is 0.393 e. The molecule has 0 heterocycles. The molecule has 0 aromatic rings. The number of nitrogens with two attached hydrogens (primary N) is 1. The van der Waals surface area contributed by atoms with Crippen molar-refractivity contribution in [1.29, 1.82) is 0 Å². The molecule has 1 aliphatic carbocycles. The molecule has 0 aromatic carbocycles. The van der Waals surface area contributed by atoms with Crippen molar-refractivity contribution in [3.63, 3.8) is 0 Å². The van der Waals surface area contributed by atoms with Gasteiger partial charge in [-0.15, -0.1) is 0 Å². The van der Waals surface area contributed by atoms with Gasteiger partial charge in [0.1, 0.15) is 0 Å². The minimum Gasteiger partial charge on any atom is -0.393 e. The van der Waals surface area contributed by atoms with E-state index in [2.05, 4.69) is 5.32 Å². The average molecular weight is 214 g/mol. The van der Waals surface area contributed by atoms with E-state index in [1.54, 1.807) is 0 Å². The lowest BCUT2D eigenvalue weighted by molar-refractivity contribution is -0.124. The highest BCUT2D eigenvalue weighted by molar-refractivity contribution is 7.80. The minimum absolute atomic E-state index is 0.0302. The second kappa shape index (κ2) is 4.73. The first-order chi connectivity index (χ1) is 6.52. The molecule has 1 saturated carbocycles. The van der Waals surface area contributed by atoms with E-state index >= 15 is 0 Å². The molecule has 0 aliphatic heterocycles. The number of hydrogen-bond donors (Lipinski definition) is 2. The summed E-state index contributed by atoms with van der Waals surface area (Å²) in [4.78, 5) is 12.0. The van der Waals surface area contributed by atoms with Crippen LogP contribution in [0.5, 0.6) is 0 Å². The molecule has 1 fully saturated rings. The van der Waals surface area contributed by atoms with Gasteiger partial charge in [-0.25, -0.2) is 0 Å². The van der Waals surface area contributed by atoms with Crippen molar-refractivity contribution < 1.29 is 4.79 Å². The van der Waals surface area contributed by atoms with Crippen LogP contribution in [0.4, 0.5) is 0 Å². The van der Waals surface area contributed by atoms with E-state index in [1.807, 2.05) is 13.8 Å². The van der Waals surface area contributed by atoms with Gasteiger partial charge in [-0.05, 0) is 12.8 Å². The van der Waals surface area contributed by atoms with Gasteiger partial charge in [0.25, 0.3) is 0 Å². The Morgan fingerprint density at radius 1 is 1.50 bits per heavy atom. The van der Waals surface area contributed by atoms with Crippen molar-refractivity contribution >= 4 is 23.1 Å². The first-order valence-electron chi connectivity index (χ1n) is 5.12. The molecule has 0 radical (unpaired) electrons. The van der Waals surface area contributed by atoms with Crippen LogP contribution >= 0.6 is 12.2 Å². The molecule has 80 valence electrons. The van der Waals surface area contributed by atoms with E-state index in [9.17, 15) is 4.79 Å². The Hall–Kier alpha value is -0.640. The normalized spacial score (nSPS) is 26.5. The Morgan fingerprint density at radius 3 is 2.64 bits per heavy atom. The SMILES string of the molecule is CC(C)C(=O)NC1CCCC1C(N)=S. The van der Waals surface area contributed by atoms with Crippen molar-refractivity contribution in [1.82, 2.24) is 5.32 Å². The number of amides is 1. The van der Waals surface area contributed by atoms with Crippen LogP contribution in [0.2, 0.25) is 0 Å². The van der Waals surface area contributed by atoms with Crippen LogP contribution in [0.25, 0.3) is 0 Å². The minimum atomic E-state index is 0.0302. The maximum absolute atomic E-state index is 11.5. The van der Waals surface area contributed by atoms with Gasteiger partial charge in [0, 0.05) is 17.9 Å². The highest BCUT2D eigenvalue weighted by Crippen LogP contribution is 2.26. The van der Waals surface area contributed by atoms with E-state index in [-0.39, 0.29) is 23.8 Å². The molecule has 2 atom stereocenters. The Bertz CT molecular complexity index is 240. The summed E-state index contributed by atoms with van der Waals surface area (Å²) in [6, 6.07) is 0.169. The molecular formula is C10H18N2OS. The number of carbonyl (C=O) groups is 1. The van der Waals surface area contributed by atoms with Crippen LogP contribution < -0.4 is 11.1 Å². The predicted octanol–water partition coefficient (Wildman–Crippen LogP) is 1.21. The van der Waals surface area contributed by atoms with Gasteiger partial charge < -0.3 is 11.1 Å². The molecule has 1 amide bonds. The van der Waals surface area contributed by atoms with Gasteiger partial charge in [-0.1, -0.05) is 32.5 Å². The molecule has 0 bridgehead atoms. The molecule has 2 unspecified atom stereocenters. The fraction of sp³-hybridized carbons (Fsp3) is 0.800. The van der Waals surface area contributed by atoms with Gasteiger partial charge in [-0.3, -0.25) is 4.79 Å². The van der Waals surface area contributed by atoms with E-state index in [0.717, 1.165) is 19.3 Å². The Labute approximate surface area is 90.4 Å². The summed E-state index contributed by atoms with van der Waals surface area (Å²) in [5, 5.41) is 3.00. The second-order valence-electron chi connectivity index (χ2n) is 4.21. The van der Waals surface area contributed by atoms with Crippen molar-refractivity contribution in [2.75, 3.05) is 0 Å². The summed E-state index contributed by atoms with van der Waals surface area (Å²) in [6.45, 7) is 3.78. The van der Waals surface area contributed by atoms with E-state index in [1.165, 1.54) is 0 Å². The summed E-state index contributed by atoms with van der Waals surface area (Å²) < 4.78 is 0. The van der Waals surface area contributed by atoms with Crippen molar-refractivity contribution in [2.24, 2.45) is 17.6 Å².